The van der Waals surface area contributed by atoms with E-state index in [-0.39, 0.29) is 46.9 Å². The third kappa shape index (κ3) is 10.5. The van der Waals surface area contributed by atoms with E-state index in [0.29, 0.717) is 77.9 Å². The SMILES string of the molecule is C[C@H](CCc1ccccc1)C[C@@H]1CC[C@]23CSSCc4cc5c(cc4C(N)N)C#CCC4=NC=CC4=C([O-])C[C@@H]5c4cc(ccc4O)CCOc4cc(ccc4O)CCC(=O)/C=C\[C@]1(C[C@H]2O)C3. The molecule has 8 bridgehead atoms. The Labute approximate surface area is 408 Å². The minimum Gasteiger partial charge on any atom is -0.875 e. The number of carbonyl (C=O) groups is 1. The van der Waals surface area contributed by atoms with Gasteiger partial charge in [0, 0.05) is 53.0 Å². The highest BCUT2D eigenvalue weighted by atomic mass is 33.1. The molecule has 5 aliphatic rings. The first kappa shape index (κ1) is 47.8. The van der Waals surface area contributed by atoms with Crippen LogP contribution in [0.2, 0.25) is 0 Å². The first-order valence-corrected chi connectivity index (χ1v) is 26.6. The Balaban J connectivity index is 1.06. The number of hydrogen-bond donors (Lipinski definition) is 5. The van der Waals surface area contributed by atoms with Crippen molar-refractivity contribution in [2.24, 2.45) is 39.1 Å². The van der Waals surface area contributed by atoms with Crippen LogP contribution in [0.3, 0.4) is 0 Å². The van der Waals surface area contributed by atoms with Gasteiger partial charge >= 0.3 is 0 Å². The number of aliphatic imine (C=N–C) groups is 1. The zero-order valence-electron chi connectivity index (χ0n) is 38.8. The van der Waals surface area contributed by atoms with Crippen LogP contribution in [0.5, 0.6) is 17.2 Å². The molecule has 0 saturated heterocycles. The van der Waals surface area contributed by atoms with E-state index >= 15 is 0 Å². The average Bonchev–Trinajstić information content (AvgIpc) is 3.90. The number of ether oxygens (including phenoxy) is 1. The monoisotopic (exact) mass is 948 g/mol. The van der Waals surface area contributed by atoms with Gasteiger partial charge in [-0.3, -0.25) is 9.79 Å². The topological polar surface area (TPSA) is 174 Å². The highest BCUT2D eigenvalue weighted by Crippen LogP contribution is 2.64. The molecule has 2 aliphatic heterocycles. The molecule has 2 saturated carbocycles. The van der Waals surface area contributed by atoms with Crippen molar-refractivity contribution in [2.45, 2.75) is 108 Å². The number of hydrogen-bond acceptors (Lipinski definition) is 11. The zero-order valence-corrected chi connectivity index (χ0v) is 40.4. The van der Waals surface area contributed by atoms with Crippen LogP contribution in [0, 0.1) is 34.5 Å². The summed E-state index contributed by atoms with van der Waals surface area (Å²) in [5.41, 5.74) is 20.5. The van der Waals surface area contributed by atoms with Gasteiger partial charge in [-0.15, -0.1) is 5.76 Å². The van der Waals surface area contributed by atoms with Gasteiger partial charge in [0.25, 0.3) is 0 Å². The van der Waals surface area contributed by atoms with Crippen LogP contribution in [0.4, 0.5) is 0 Å². The van der Waals surface area contributed by atoms with Crippen LogP contribution in [0.15, 0.2) is 120 Å². The molecular formula is C57H62N3O6S2-. The number of phenols is 2. The van der Waals surface area contributed by atoms with Gasteiger partial charge in [0.2, 0.25) is 0 Å². The number of nitrogens with two attached hydrogens (primary N) is 2. The number of fused-ring (bicyclic) bond motifs is 7. The molecule has 0 amide bonds. The van der Waals surface area contributed by atoms with Gasteiger partial charge in [-0.1, -0.05) is 101 Å². The number of ketones is 1. The molecule has 11 heteroatoms. The number of aliphatic hydroxyl groups excluding tert-OH is 1. The Morgan fingerprint density at radius 3 is 2.59 bits per heavy atom. The number of aromatic hydroxyl groups is 2. The average molecular weight is 949 g/mol. The van der Waals surface area contributed by atoms with Gasteiger partial charge in [-0.05, 0) is 150 Å². The summed E-state index contributed by atoms with van der Waals surface area (Å²) in [6.07, 6.45) is 14.2. The predicted molar refractivity (Wildman–Crippen MR) is 272 cm³/mol. The van der Waals surface area contributed by atoms with Crippen molar-refractivity contribution in [1.29, 1.82) is 0 Å². The van der Waals surface area contributed by atoms with Gasteiger partial charge in [-0.25, -0.2) is 0 Å². The number of allylic oxidation sites excluding steroid dienone is 5. The Kier molecular flexibility index (Phi) is 14.6. The van der Waals surface area contributed by atoms with Crippen LogP contribution in [0.1, 0.15) is 121 Å². The van der Waals surface area contributed by atoms with Gasteiger partial charge in [0.15, 0.2) is 17.3 Å². The van der Waals surface area contributed by atoms with Crippen LogP contribution >= 0.6 is 21.6 Å². The standard InChI is InChI=1S/C57H63N3O6S2/c1-36(10-11-37-6-3-2-4-7-37)26-42-18-22-57-34-56(42,32-54(57)65)23-19-43(61)15-12-38-14-17-51(63)53(28-38)66-25-21-39-13-16-50(62)48(27-39)47-31-52(64)44-20-24-60-49(44)9-5-8-40-29-46(55(58)59)41(30-45(40)47)33-67-68-35-57/h2-4,6-7,13-14,16-17,19-20,23-24,27-30,36,42,47,54-55,62-65H,9-12,15,18,21-22,25-26,31-35,58-59H2,1H3/p-1/b23-19-,52-44?/t36-,42+,47+,54-,56+,57+/m1/s1. The Morgan fingerprint density at radius 2 is 1.76 bits per heavy atom. The maximum absolute atomic E-state index is 14.2. The number of rotatable bonds is 6. The zero-order chi connectivity index (χ0) is 47.4. The lowest BCUT2D eigenvalue weighted by atomic mass is 9.61. The van der Waals surface area contributed by atoms with Crippen molar-refractivity contribution in [3.8, 4) is 29.1 Å². The summed E-state index contributed by atoms with van der Waals surface area (Å²) in [5, 5.41) is 48.8. The van der Waals surface area contributed by atoms with Gasteiger partial charge < -0.3 is 36.6 Å². The van der Waals surface area contributed by atoms with Crippen LogP contribution in [-0.2, 0) is 29.8 Å². The first-order valence-electron chi connectivity index (χ1n) is 24.1. The van der Waals surface area contributed by atoms with E-state index in [1.54, 1.807) is 58.1 Å². The lowest BCUT2D eigenvalue weighted by Gasteiger charge is -2.45. The van der Waals surface area contributed by atoms with E-state index in [2.05, 4.69) is 66.2 Å². The molecule has 4 aromatic carbocycles. The molecule has 4 aromatic rings. The van der Waals surface area contributed by atoms with E-state index in [1.807, 2.05) is 24.3 Å². The first-order chi connectivity index (χ1) is 32.9. The Bertz CT molecular complexity index is 2720. The molecule has 0 spiro atoms. The lowest BCUT2D eigenvalue weighted by Crippen LogP contribution is -2.38. The lowest BCUT2D eigenvalue weighted by molar-refractivity contribution is -0.307. The molecule has 7 N–H and O–H groups in total. The fourth-order valence-corrected chi connectivity index (χ4v) is 14.2. The molecule has 2 fully saturated rings. The highest BCUT2D eigenvalue weighted by molar-refractivity contribution is 8.76. The van der Waals surface area contributed by atoms with Crippen LogP contribution in [0.25, 0.3) is 0 Å². The number of aryl methyl sites for hydroxylation is 2. The van der Waals surface area contributed by atoms with Crippen molar-refractivity contribution in [1.82, 2.24) is 0 Å². The summed E-state index contributed by atoms with van der Waals surface area (Å²) in [4.78, 5) is 18.2. The fraction of sp³-hybridized carbons (Fsp3) is 0.404. The van der Waals surface area contributed by atoms with Gasteiger partial charge in [-0.2, -0.15) is 0 Å². The second-order valence-corrected chi connectivity index (χ2v) is 22.3. The third-order valence-electron chi connectivity index (χ3n) is 15.3. The molecule has 9 nitrogen and oxygen atoms in total. The molecule has 0 radical (unpaired) electrons. The maximum Gasteiger partial charge on any atom is 0.161 e. The van der Waals surface area contributed by atoms with E-state index in [4.69, 9.17) is 16.2 Å². The number of aliphatic hydroxyl groups is 1. The molecule has 0 aromatic heterocycles. The number of nitrogens with zero attached hydrogens (tertiary/aromatic N) is 1. The summed E-state index contributed by atoms with van der Waals surface area (Å²) in [6, 6.07) is 25.4. The van der Waals surface area contributed by atoms with E-state index < -0.39 is 18.2 Å². The summed E-state index contributed by atoms with van der Waals surface area (Å²) in [6.45, 7) is 2.58. The van der Waals surface area contributed by atoms with E-state index in [0.717, 1.165) is 72.1 Å². The molecule has 0 unspecified atom stereocenters. The normalized spacial score (nSPS) is 26.0. The Hall–Kier alpha value is -5.22. The molecule has 3 aliphatic carbocycles. The fourth-order valence-electron chi connectivity index (χ4n) is 11.4. The van der Waals surface area contributed by atoms with Gasteiger partial charge in [0.05, 0.1) is 31.0 Å². The quantitative estimate of drug-likeness (QED) is 0.0712. The minimum atomic E-state index is -0.787. The minimum absolute atomic E-state index is 0.00948. The molecule has 2 heterocycles. The molecule has 9 rings (SSSR count). The Morgan fingerprint density at radius 1 is 0.956 bits per heavy atom. The molecular weight excluding hydrogens is 887 g/mol. The van der Waals surface area contributed by atoms with Crippen molar-refractivity contribution < 1.29 is 30.0 Å². The number of carbonyl (C=O) groups excluding carboxylic acids is 1. The summed E-state index contributed by atoms with van der Waals surface area (Å²) in [5.74, 6) is 8.56. The molecule has 354 valence electrons. The van der Waals surface area contributed by atoms with Crippen LogP contribution < -0.4 is 21.3 Å². The largest absolute Gasteiger partial charge is 0.875 e. The van der Waals surface area contributed by atoms with Crippen molar-refractivity contribution in [3.05, 3.63) is 159 Å². The van der Waals surface area contributed by atoms with E-state index in [1.165, 1.54) is 5.56 Å². The summed E-state index contributed by atoms with van der Waals surface area (Å²) < 4.78 is 6.18. The maximum atomic E-state index is 14.2. The van der Waals surface area contributed by atoms with Gasteiger partial charge in [0.1, 0.15) is 5.75 Å². The van der Waals surface area contributed by atoms with Crippen molar-refractivity contribution in [3.63, 3.8) is 0 Å². The molecule has 68 heavy (non-hydrogen) atoms. The number of benzene rings is 4. The third-order valence-corrected chi connectivity index (χ3v) is 17.8. The number of phenolic OH excluding ortho intramolecular Hbond substituents is 2. The smallest absolute Gasteiger partial charge is 0.161 e. The second-order valence-electron chi connectivity index (χ2n) is 19.8. The van der Waals surface area contributed by atoms with Crippen LogP contribution in [-0.4, -0.2) is 45.3 Å². The summed E-state index contributed by atoms with van der Waals surface area (Å²) >= 11 is 0. The van der Waals surface area contributed by atoms with Crippen molar-refractivity contribution in [2.75, 3.05) is 12.4 Å². The summed E-state index contributed by atoms with van der Waals surface area (Å²) in [7, 11) is 3.47. The van der Waals surface area contributed by atoms with E-state index in [9.17, 15) is 25.2 Å². The van der Waals surface area contributed by atoms with Crippen molar-refractivity contribution >= 4 is 33.1 Å². The molecule has 6 atom stereocenters. The second kappa shape index (κ2) is 20.8. The predicted octanol–water partition coefficient (Wildman–Crippen LogP) is 9.64. The highest BCUT2D eigenvalue weighted by Gasteiger charge is 2.59.